The molecular formula is C8H14O3. The highest BCUT2D eigenvalue weighted by Crippen LogP contribution is 2.27. The van der Waals surface area contributed by atoms with Crippen LogP contribution in [-0.4, -0.2) is 16.9 Å². The van der Waals surface area contributed by atoms with E-state index in [0.29, 0.717) is 0 Å². The number of hydrogen-bond acceptors (Lipinski definition) is 2. The molecule has 1 atom stereocenters. The van der Waals surface area contributed by atoms with Crippen LogP contribution in [-0.2, 0) is 9.59 Å². The van der Waals surface area contributed by atoms with Crippen molar-refractivity contribution in [1.29, 1.82) is 0 Å². The standard InChI is InChI=1S/C8H14O3/c1-5(6(2)9)8(3,4)7(10)11/h5H,1-4H3,(H,10,11). The van der Waals surface area contributed by atoms with Gasteiger partial charge in [-0.1, -0.05) is 6.92 Å². The minimum absolute atomic E-state index is 0.0857. The molecule has 64 valence electrons. The van der Waals surface area contributed by atoms with Crippen molar-refractivity contribution in [2.45, 2.75) is 27.7 Å². The Bertz CT molecular complexity index is 182. The summed E-state index contributed by atoms with van der Waals surface area (Å²) in [5.41, 5.74) is -0.953. The summed E-state index contributed by atoms with van der Waals surface area (Å²) in [4.78, 5) is 21.4. The highest BCUT2D eigenvalue weighted by Gasteiger charge is 2.36. The Morgan fingerprint density at radius 3 is 1.82 bits per heavy atom. The first-order valence-electron chi connectivity index (χ1n) is 3.54. The highest BCUT2D eigenvalue weighted by molar-refractivity contribution is 5.86. The second-order valence-corrected chi connectivity index (χ2v) is 3.36. The summed E-state index contributed by atoms with van der Waals surface area (Å²) in [6.07, 6.45) is 0. The van der Waals surface area contributed by atoms with Crippen LogP contribution in [0.3, 0.4) is 0 Å². The van der Waals surface area contributed by atoms with Crippen molar-refractivity contribution < 1.29 is 14.7 Å². The molecule has 0 aromatic carbocycles. The van der Waals surface area contributed by atoms with Gasteiger partial charge in [-0.15, -0.1) is 0 Å². The van der Waals surface area contributed by atoms with Crippen LogP contribution in [0.1, 0.15) is 27.7 Å². The Morgan fingerprint density at radius 2 is 1.73 bits per heavy atom. The molecule has 3 nitrogen and oxygen atoms in total. The summed E-state index contributed by atoms with van der Waals surface area (Å²) in [6, 6.07) is 0. The smallest absolute Gasteiger partial charge is 0.309 e. The fourth-order valence-corrected chi connectivity index (χ4v) is 0.693. The van der Waals surface area contributed by atoms with Crippen molar-refractivity contribution in [2.75, 3.05) is 0 Å². The monoisotopic (exact) mass is 158 g/mol. The van der Waals surface area contributed by atoms with Crippen LogP contribution < -0.4 is 0 Å². The van der Waals surface area contributed by atoms with E-state index in [2.05, 4.69) is 0 Å². The maximum atomic E-state index is 10.8. The fraction of sp³-hybridized carbons (Fsp3) is 0.750. The zero-order valence-corrected chi connectivity index (χ0v) is 7.34. The number of aliphatic carboxylic acids is 1. The number of Topliss-reactive ketones (excluding diaryl/α,β-unsaturated/α-hetero) is 1. The number of carboxylic acid groups (broad SMARTS) is 1. The summed E-state index contributed by atoms with van der Waals surface area (Å²) in [7, 11) is 0. The molecule has 0 aliphatic rings. The summed E-state index contributed by atoms with van der Waals surface area (Å²) >= 11 is 0. The molecule has 0 bridgehead atoms. The van der Waals surface area contributed by atoms with Crippen LogP contribution in [0.15, 0.2) is 0 Å². The Labute approximate surface area is 66.4 Å². The number of carboxylic acids is 1. The van der Waals surface area contributed by atoms with E-state index in [0.717, 1.165) is 0 Å². The van der Waals surface area contributed by atoms with Gasteiger partial charge in [-0.25, -0.2) is 0 Å². The number of ketones is 1. The lowest BCUT2D eigenvalue weighted by Crippen LogP contribution is -2.34. The van der Waals surface area contributed by atoms with Gasteiger partial charge in [0, 0.05) is 5.92 Å². The number of carbonyl (C=O) groups is 2. The first-order chi connectivity index (χ1) is 4.80. The van der Waals surface area contributed by atoms with Crippen LogP contribution >= 0.6 is 0 Å². The van der Waals surface area contributed by atoms with E-state index in [9.17, 15) is 9.59 Å². The van der Waals surface area contributed by atoms with Crippen molar-refractivity contribution >= 4 is 11.8 Å². The summed E-state index contributed by atoms with van der Waals surface area (Å²) < 4.78 is 0. The van der Waals surface area contributed by atoms with Crippen LogP contribution in [0.4, 0.5) is 0 Å². The van der Waals surface area contributed by atoms with Crippen molar-refractivity contribution in [3.05, 3.63) is 0 Å². The first-order valence-corrected chi connectivity index (χ1v) is 3.54. The van der Waals surface area contributed by atoms with E-state index < -0.39 is 17.3 Å². The van der Waals surface area contributed by atoms with Gasteiger partial charge in [0.1, 0.15) is 5.78 Å². The fourth-order valence-electron chi connectivity index (χ4n) is 0.693. The van der Waals surface area contributed by atoms with Gasteiger partial charge in [0.05, 0.1) is 5.41 Å². The molecule has 0 saturated carbocycles. The average molecular weight is 158 g/mol. The minimum Gasteiger partial charge on any atom is -0.481 e. The quantitative estimate of drug-likeness (QED) is 0.674. The van der Waals surface area contributed by atoms with Gasteiger partial charge in [-0.2, -0.15) is 0 Å². The van der Waals surface area contributed by atoms with Gasteiger partial charge < -0.3 is 5.11 Å². The van der Waals surface area contributed by atoms with Gasteiger partial charge >= 0.3 is 5.97 Å². The van der Waals surface area contributed by atoms with Gasteiger partial charge in [-0.05, 0) is 20.8 Å². The molecule has 11 heavy (non-hydrogen) atoms. The molecule has 0 aromatic heterocycles. The molecule has 0 amide bonds. The molecule has 0 radical (unpaired) electrons. The minimum atomic E-state index is -0.953. The second-order valence-electron chi connectivity index (χ2n) is 3.36. The van der Waals surface area contributed by atoms with Crippen LogP contribution in [0.2, 0.25) is 0 Å². The molecule has 0 rings (SSSR count). The second kappa shape index (κ2) is 3.03. The predicted molar refractivity (Wildman–Crippen MR) is 41.3 cm³/mol. The number of carbonyl (C=O) groups excluding carboxylic acids is 1. The lowest BCUT2D eigenvalue weighted by atomic mass is 9.78. The Balaban J connectivity index is 4.55. The zero-order chi connectivity index (χ0) is 9.23. The molecule has 3 heteroatoms. The van der Waals surface area contributed by atoms with Crippen molar-refractivity contribution in [1.82, 2.24) is 0 Å². The molecule has 0 fully saturated rings. The van der Waals surface area contributed by atoms with Gasteiger partial charge in [-0.3, -0.25) is 9.59 Å². The largest absolute Gasteiger partial charge is 0.481 e. The maximum absolute atomic E-state index is 10.8. The van der Waals surface area contributed by atoms with Crippen LogP contribution in [0, 0.1) is 11.3 Å². The molecule has 0 spiro atoms. The Morgan fingerprint density at radius 1 is 1.36 bits per heavy atom. The molecule has 1 N–H and O–H groups in total. The summed E-state index contributed by atoms with van der Waals surface area (Å²) in [5.74, 6) is -1.45. The molecule has 0 aliphatic heterocycles. The summed E-state index contributed by atoms with van der Waals surface area (Å²) in [6.45, 7) is 6.16. The van der Waals surface area contributed by atoms with E-state index in [1.807, 2.05) is 0 Å². The van der Waals surface area contributed by atoms with Crippen LogP contribution in [0.5, 0.6) is 0 Å². The van der Waals surface area contributed by atoms with Crippen LogP contribution in [0.25, 0.3) is 0 Å². The summed E-state index contributed by atoms with van der Waals surface area (Å²) in [5, 5.41) is 8.71. The molecule has 1 unspecified atom stereocenters. The molecule has 0 heterocycles. The Hall–Kier alpha value is -0.860. The third-order valence-electron chi connectivity index (χ3n) is 2.24. The molecule has 0 aliphatic carbocycles. The molecular weight excluding hydrogens is 144 g/mol. The van der Waals surface area contributed by atoms with E-state index in [1.165, 1.54) is 6.92 Å². The van der Waals surface area contributed by atoms with Crippen molar-refractivity contribution in [3.63, 3.8) is 0 Å². The van der Waals surface area contributed by atoms with E-state index in [1.54, 1.807) is 20.8 Å². The third kappa shape index (κ3) is 2.03. The topological polar surface area (TPSA) is 54.4 Å². The maximum Gasteiger partial charge on any atom is 0.309 e. The highest BCUT2D eigenvalue weighted by atomic mass is 16.4. The predicted octanol–water partition coefficient (Wildman–Crippen LogP) is 1.32. The lowest BCUT2D eigenvalue weighted by Gasteiger charge is -2.24. The zero-order valence-electron chi connectivity index (χ0n) is 7.34. The normalized spacial score (nSPS) is 14.2. The van der Waals surface area contributed by atoms with Gasteiger partial charge in [0.15, 0.2) is 0 Å². The van der Waals surface area contributed by atoms with E-state index in [-0.39, 0.29) is 5.78 Å². The average Bonchev–Trinajstić information content (AvgIpc) is 1.85. The van der Waals surface area contributed by atoms with Crippen molar-refractivity contribution in [3.8, 4) is 0 Å². The number of rotatable bonds is 3. The van der Waals surface area contributed by atoms with Gasteiger partial charge in [0.2, 0.25) is 0 Å². The molecule has 0 saturated heterocycles. The SMILES string of the molecule is CC(=O)C(C)C(C)(C)C(=O)O. The van der Waals surface area contributed by atoms with E-state index >= 15 is 0 Å². The van der Waals surface area contributed by atoms with Crippen molar-refractivity contribution in [2.24, 2.45) is 11.3 Å². The Kier molecular flexibility index (Phi) is 2.79. The number of hydrogen-bond donors (Lipinski definition) is 1. The lowest BCUT2D eigenvalue weighted by molar-refractivity contribution is -0.152. The van der Waals surface area contributed by atoms with Gasteiger partial charge in [0.25, 0.3) is 0 Å². The first kappa shape index (κ1) is 10.1. The third-order valence-corrected chi connectivity index (χ3v) is 2.24. The van der Waals surface area contributed by atoms with E-state index in [4.69, 9.17) is 5.11 Å². The molecule has 0 aromatic rings.